The third kappa shape index (κ3) is 6.17. The summed E-state index contributed by atoms with van der Waals surface area (Å²) < 4.78 is 0. The van der Waals surface area contributed by atoms with Gasteiger partial charge in [-0.2, -0.15) is 0 Å². The van der Waals surface area contributed by atoms with E-state index in [2.05, 4.69) is 70.2 Å². The molecule has 0 spiro atoms. The fourth-order valence-electron chi connectivity index (χ4n) is 4.29. The Labute approximate surface area is 203 Å². The highest BCUT2D eigenvalue weighted by molar-refractivity contribution is 7.15. The van der Waals surface area contributed by atoms with Gasteiger partial charge in [-0.15, -0.1) is 11.3 Å². The average Bonchev–Trinajstić information content (AvgIpc) is 3.30. The molecule has 33 heavy (non-hydrogen) atoms. The van der Waals surface area contributed by atoms with Gasteiger partial charge in [0.2, 0.25) is 0 Å². The molecule has 3 heteroatoms. The molecular formula is C30H35NOS. The zero-order valence-corrected chi connectivity index (χ0v) is 21.3. The number of para-hydroxylation sites is 1. The van der Waals surface area contributed by atoms with E-state index < -0.39 is 0 Å². The maximum atomic E-state index is 12.1. The van der Waals surface area contributed by atoms with Crippen molar-refractivity contribution in [2.24, 2.45) is 10.9 Å². The molecule has 0 aliphatic heterocycles. The van der Waals surface area contributed by atoms with E-state index in [1.165, 1.54) is 26.5 Å². The molecule has 0 radical (unpaired) electrons. The number of benzene rings is 2. The van der Waals surface area contributed by atoms with Crippen molar-refractivity contribution in [2.75, 3.05) is 0 Å². The van der Waals surface area contributed by atoms with Crippen molar-refractivity contribution in [2.45, 2.75) is 60.3 Å². The van der Waals surface area contributed by atoms with E-state index >= 15 is 0 Å². The van der Waals surface area contributed by atoms with Gasteiger partial charge >= 0.3 is 0 Å². The highest BCUT2D eigenvalue weighted by Gasteiger charge is 2.18. The Bertz CT molecular complexity index is 1150. The van der Waals surface area contributed by atoms with Crippen molar-refractivity contribution in [3.63, 3.8) is 0 Å². The first kappa shape index (κ1) is 24.9. The van der Waals surface area contributed by atoms with Gasteiger partial charge in [0.25, 0.3) is 0 Å². The van der Waals surface area contributed by atoms with Gasteiger partial charge in [-0.25, -0.2) is 0 Å². The maximum Gasteiger partial charge on any atom is 0.161 e. The number of aryl methyl sites for hydroxylation is 1. The lowest BCUT2D eigenvalue weighted by Crippen LogP contribution is -2.07. The molecule has 2 aromatic carbocycles. The van der Waals surface area contributed by atoms with E-state index in [1.807, 2.05) is 35.6 Å². The molecule has 1 heterocycles. The van der Waals surface area contributed by atoms with Crippen LogP contribution in [0.25, 0.3) is 5.57 Å². The number of thiophene rings is 1. The molecule has 0 aliphatic carbocycles. The van der Waals surface area contributed by atoms with Crippen LogP contribution in [0.1, 0.15) is 78.2 Å². The van der Waals surface area contributed by atoms with Crippen LogP contribution in [0.4, 0.5) is 5.69 Å². The van der Waals surface area contributed by atoms with Crippen molar-refractivity contribution >= 4 is 34.1 Å². The SMILES string of the molecule is C/C=C(/c1ccc(C(CCC)=Nc2ccccc2C(C)=O)s1)C(CC)Cc1ccccc1C. The molecule has 3 aromatic rings. The lowest BCUT2D eigenvalue weighted by Gasteiger charge is -2.19. The standard InChI is InChI=1S/C30H35NOS/c1-6-13-28(31-27-17-12-11-16-26(27)22(5)32)30-19-18-29(33-30)25(8-3)23(7-2)20-24-15-10-9-14-21(24)4/h8-12,14-19,23H,6-7,13,20H2,1-5H3/b25-8+,31-28?. The number of aliphatic imine (C=N–C) groups is 1. The van der Waals surface area contributed by atoms with E-state index in [0.29, 0.717) is 11.5 Å². The van der Waals surface area contributed by atoms with Gasteiger partial charge in [0.15, 0.2) is 5.78 Å². The zero-order valence-electron chi connectivity index (χ0n) is 20.5. The first-order valence-corrected chi connectivity index (χ1v) is 12.8. The van der Waals surface area contributed by atoms with Crippen molar-refractivity contribution < 1.29 is 4.79 Å². The van der Waals surface area contributed by atoms with Gasteiger partial charge in [-0.3, -0.25) is 9.79 Å². The van der Waals surface area contributed by atoms with Crippen molar-refractivity contribution in [1.29, 1.82) is 0 Å². The fraction of sp³-hybridized carbons (Fsp3) is 0.333. The van der Waals surface area contributed by atoms with Crippen LogP contribution >= 0.6 is 11.3 Å². The second-order valence-corrected chi connectivity index (χ2v) is 9.61. The Morgan fingerprint density at radius 3 is 2.36 bits per heavy atom. The summed E-state index contributed by atoms with van der Waals surface area (Å²) in [5, 5.41) is 0. The monoisotopic (exact) mass is 457 g/mol. The highest BCUT2D eigenvalue weighted by atomic mass is 32.1. The summed E-state index contributed by atoms with van der Waals surface area (Å²) >= 11 is 1.82. The van der Waals surface area contributed by atoms with Crippen LogP contribution < -0.4 is 0 Å². The predicted octanol–water partition coefficient (Wildman–Crippen LogP) is 8.85. The minimum absolute atomic E-state index is 0.0512. The molecule has 1 unspecified atom stereocenters. The molecule has 172 valence electrons. The molecule has 3 rings (SSSR count). The van der Waals surface area contributed by atoms with E-state index in [0.717, 1.165) is 37.1 Å². The van der Waals surface area contributed by atoms with Crippen LogP contribution in [0, 0.1) is 12.8 Å². The Morgan fingerprint density at radius 1 is 1.00 bits per heavy atom. The van der Waals surface area contributed by atoms with Crippen LogP contribution in [0.5, 0.6) is 0 Å². The Morgan fingerprint density at radius 2 is 1.70 bits per heavy atom. The Balaban J connectivity index is 1.93. The molecular weight excluding hydrogens is 422 g/mol. The largest absolute Gasteiger partial charge is 0.294 e. The number of carbonyl (C=O) groups is 1. The van der Waals surface area contributed by atoms with Crippen LogP contribution in [0.2, 0.25) is 0 Å². The minimum atomic E-state index is 0.0512. The molecule has 2 nitrogen and oxygen atoms in total. The zero-order chi connectivity index (χ0) is 23.8. The van der Waals surface area contributed by atoms with Crippen LogP contribution in [0.3, 0.4) is 0 Å². The number of hydrogen-bond acceptors (Lipinski definition) is 3. The molecule has 0 N–H and O–H groups in total. The Kier molecular flexibility index (Phi) is 8.96. The van der Waals surface area contributed by atoms with Crippen molar-refractivity contribution in [3.8, 4) is 0 Å². The number of ketones is 1. The minimum Gasteiger partial charge on any atom is -0.294 e. The van der Waals surface area contributed by atoms with E-state index in [4.69, 9.17) is 4.99 Å². The van der Waals surface area contributed by atoms with Gasteiger partial charge in [0.1, 0.15) is 0 Å². The topological polar surface area (TPSA) is 29.4 Å². The molecule has 0 amide bonds. The number of carbonyl (C=O) groups excluding carboxylic acids is 1. The second kappa shape index (κ2) is 11.9. The molecule has 1 atom stereocenters. The van der Waals surface area contributed by atoms with Crippen LogP contribution in [-0.4, -0.2) is 11.5 Å². The van der Waals surface area contributed by atoms with Gasteiger partial charge in [0, 0.05) is 15.3 Å². The van der Waals surface area contributed by atoms with Gasteiger partial charge in [-0.1, -0.05) is 62.7 Å². The lowest BCUT2D eigenvalue weighted by molar-refractivity contribution is 0.101. The summed E-state index contributed by atoms with van der Waals surface area (Å²) in [6.45, 7) is 10.4. The van der Waals surface area contributed by atoms with Gasteiger partial charge in [0.05, 0.1) is 11.4 Å². The maximum absolute atomic E-state index is 12.1. The lowest BCUT2D eigenvalue weighted by atomic mass is 9.87. The number of Topliss-reactive ketones (excluding diaryl/α,β-unsaturated/α-hetero) is 1. The molecule has 0 saturated carbocycles. The fourth-order valence-corrected chi connectivity index (χ4v) is 5.47. The third-order valence-corrected chi connectivity index (χ3v) is 7.36. The molecule has 0 saturated heterocycles. The molecule has 0 fully saturated rings. The van der Waals surface area contributed by atoms with Crippen molar-refractivity contribution in [1.82, 2.24) is 0 Å². The summed E-state index contributed by atoms with van der Waals surface area (Å²) in [6, 6.07) is 20.8. The van der Waals surface area contributed by atoms with Gasteiger partial charge < -0.3 is 0 Å². The first-order chi connectivity index (χ1) is 16.0. The Hall–Kier alpha value is -2.78. The number of hydrogen-bond donors (Lipinski definition) is 0. The average molecular weight is 458 g/mol. The quantitative estimate of drug-likeness (QED) is 0.221. The highest BCUT2D eigenvalue weighted by Crippen LogP contribution is 2.35. The van der Waals surface area contributed by atoms with E-state index in [-0.39, 0.29) is 5.78 Å². The number of rotatable bonds is 10. The first-order valence-electron chi connectivity index (χ1n) is 12.0. The van der Waals surface area contributed by atoms with Crippen LogP contribution in [-0.2, 0) is 6.42 Å². The normalized spacial score (nSPS) is 13.2. The predicted molar refractivity (Wildman–Crippen MR) is 144 cm³/mol. The van der Waals surface area contributed by atoms with Crippen molar-refractivity contribution in [3.05, 3.63) is 93.2 Å². The van der Waals surface area contributed by atoms with E-state index in [1.54, 1.807) is 6.92 Å². The molecule has 1 aromatic heterocycles. The smallest absolute Gasteiger partial charge is 0.161 e. The second-order valence-electron chi connectivity index (χ2n) is 8.53. The summed E-state index contributed by atoms with van der Waals surface area (Å²) in [6.07, 6.45) is 6.33. The van der Waals surface area contributed by atoms with Gasteiger partial charge in [-0.05, 0) is 86.9 Å². The molecule has 0 aliphatic rings. The molecule has 0 bridgehead atoms. The number of nitrogens with zero attached hydrogens (tertiary/aromatic N) is 1. The summed E-state index contributed by atoms with van der Waals surface area (Å²) in [5.74, 6) is 0.530. The number of allylic oxidation sites excluding steroid dienone is 2. The third-order valence-electron chi connectivity index (χ3n) is 6.17. The summed E-state index contributed by atoms with van der Waals surface area (Å²) in [4.78, 5) is 19.6. The summed E-state index contributed by atoms with van der Waals surface area (Å²) in [5.41, 5.74) is 6.71. The van der Waals surface area contributed by atoms with Crippen LogP contribution in [0.15, 0.2) is 71.7 Å². The summed E-state index contributed by atoms with van der Waals surface area (Å²) in [7, 11) is 0. The van der Waals surface area contributed by atoms with E-state index in [9.17, 15) is 4.79 Å².